The Morgan fingerprint density at radius 1 is 1.20 bits per heavy atom. The highest BCUT2D eigenvalue weighted by Crippen LogP contribution is 2.32. The summed E-state index contributed by atoms with van der Waals surface area (Å²) in [4.78, 5) is 12.6. The van der Waals surface area contributed by atoms with Crippen molar-refractivity contribution in [2.24, 2.45) is 17.0 Å². The molecule has 0 bridgehead atoms. The van der Waals surface area contributed by atoms with E-state index in [0.717, 1.165) is 31.6 Å². The number of hydrogen-bond donors (Lipinski definition) is 2. The minimum Gasteiger partial charge on any atom is -0.326 e. The standard InChI is InChI=1S/C19H30N2O3S/c1-3-5-6-14-7-9-16(10-8-14)19(22)21-17-12-11-15(4-2)18(13-17)25(20,23)24/h11-14,16H,3-10H2,1-2H3,(H,21,22)(H2,20,23,24). The Kier molecular flexibility index (Phi) is 7.02. The van der Waals surface area contributed by atoms with Gasteiger partial charge in [-0.1, -0.05) is 39.2 Å². The first-order chi connectivity index (χ1) is 11.8. The molecule has 0 saturated heterocycles. The second-order valence-electron chi connectivity index (χ2n) is 7.07. The molecule has 1 aliphatic rings. The minimum atomic E-state index is -3.80. The lowest BCUT2D eigenvalue weighted by Gasteiger charge is -2.27. The molecule has 1 fully saturated rings. The molecule has 140 valence electrons. The van der Waals surface area contributed by atoms with Crippen LogP contribution in [0.25, 0.3) is 0 Å². The fourth-order valence-corrected chi connectivity index (χ4v) is 4.51. The van der Waals surface area contributed by atoms with Gasteiger partial charge in [0.05, 0.1) is 4.90 Å². The predicted molar refractivity (Wildman–Crippen MR) is 101 cm³/mol. The van der Waals surface area contributed by atoms with Gasteiger partial charge in [-0.3, -0.25) is 4.79 Å². The Hall–Kier alpha value is -1.40. The van der Waals surface area contributed by atoms with Crippen molar-refractivity contribution in [1.82, 2.24) is 0 Å². The van der Waals surface area contributed by atoms with Gasteiger partial charge in [0.25, 0.3) is 0 Å². The molecule has 1 amide bonds. The van der Waals surface area contributed by atoms with E-state index in [-0.39, 0.29) is 16.7 Å². The number of rotatable bonds is 7. The first-order valence-corrected chi connectivity index (χ1v) is 10.9. The Morgan fingerprint density at radius 3 is 2.44 bits per heavy atom. The van der Waals surface area contributed by atoms with Crippen LogP contribution in [0.4, 0.5) is 5.69 Å². The average molecular weight is 367 g/mol. The molecule has 0 aromatic heterocycles. The van der Waals surface area contributed by atoms with Crippen LogP contribution >= 0.6 is 0 Å². The number of hydrogen-bond acceptors (Lipinski definition) is 3. The summed E-state index contributed by atoms with van der Waals surface area (Å²) in [5, 5.41) is 8.16. The lowest BCUT2D eigenvalue weighted by Crippen LogP contribution is -2.27. The van der Waals surface area contributed by atoms with Crippen LogP contribution in [0.5, 0.6) is 0 Å². The molecule has 0 aliphatic heterocycles. The summed E-state index contributed by atoms with van der Waals surface area (Å²) >= 11 is 0. The molecular weight excluding hydrogens is 336 g/mol. The number of nitrogens with one attached hydrogen (secondary N) is 1. The molecule has 1 aromatic rings. The summed E-state index contributed by atoms with van der Waals surface area (Å²) in [5.74, 6) is 0.752. The van der Waals surface area contributed by atoms with Crippen LogP contribution in [0.1, 0.15) is 64.4 Å². The first-order valence-electron chi connectivity index (χ1n) is 9.31. The fraction of sp³-hybridized carbons (Fsp3) is 0.632. The second-order valence-corrected chi connectivity index (χ2v) is 8.60. The summed E-state index contributed by atoms with van der Waals surface area (Å²) in [6.45, 7) is 4.08. The van der Waals surface area contributed by atoms with Gasteiger partial charge < -0.3 is 5.32 Å². The van der Waals surface area contributed by atoms with E-state index < -0.39 is 10.0 Å². The maximum atomic E-state index is 12.5. The van der Waals surface area contributed by atoms with E-state index in [2.05, 4.69) is 12.2 Å². The normalized spacial score (nSPS) is 21.1. The van der Waals surface area contributed by atoms with Gasteiger partial charge >= 0.3 is 0 Å². The summed E-state index contributed by atoms with van der Waals surface area (Å²) in [6.07, 6.45) is 8.36. The number of primary sulfonamides is 1. The van der Waals surface area contributed by atoms with E-state index in [1.165, 1.54) is 25.3 Å². The topological polar surface area (TPSA) is 89.3 Å². The SMILES string of the molecule is CCCCC1CCC(C(=O)Nc2ccc(CC)c(S(N)(=O)=O)c2)CC1. The molecule has 0 radical (unpaired) electrons. The molecule has 3 N–H and O–H groups in total. The summed E-state index contributed by atoms with van der Waals surface area (Å²) in [7, 11) is -3.80. The van der Waals surface area contributed by atoms with Crippen LogP contribution < -0.4 is 10.5 Å². The molecule has 1 aromatic carbocycles. The van der Waals surface area contributed by atoms with Crippen molar-refractivity contribution in [2.45, 2.75) is 70.1 Å². The van der Waals surface area contributed by atoms with Gasteiger partial charge in [-0.15, -0.1) is 0 Å². The monoisotopic (exact) mass is 366 g/mol. The molecule has 25 heavy (non-hydrogen) atoms. The Bertz CT molecular complexity index is 693. The van der Waals surface area contributed by atoms with E-state index >= 15 is 0 Å². The zero-order chi connectivity index (χ0) is 18.4. The molecule has 6 heteroatoms. The van der Waals surface area contributed by atoms with Crippen LogP contribution in [0.15, 0.2) is 23.1 Å². The van der Waals surface area contributed by atoms with E-state index in [9.17, 15) is 13.2 Å². The zero-order valence-corrected chi connectivity index (χ0v) is 16.1. The highest BCUT2D eigenvalue weighted by atomic mass is 32.2. The number of aryl methyl sites for hydroxylation is 1. The molecular formula is C19H30N2O3S. The average Bonchev–Trinajstić information content (AvgIpc) is 2.59. The molecule has 5 nitrogen and oxygen atoms in total. The van der Waals surface area contributed by atoms with Gasteiger partial charge in [0, 0.05) is 11.6 Å². The van der Waals surface area contributed by atoms with Gasteiger partial charge in [-0.2, -0.15) is 0 Å². The number of unbranched alkanes of at least 4 members (excludes halogenated alkanes) is 1. The molecule has 1 saturated carbocycles. The van der Waals surface area contributed by atoms with Gasteiger partial charge in [0.1, 0.15) is 0 Å². The summed E-state index contributed by atoms with van der Waals surface area (Å²) in [6, 6.07) is 4.94. The van der Waals surface area contributed by atoms with E-state index in [4.69, 9.17) is 5.14 Å². The molecule has 0 unspecified atom stereocenters. The third-order valence-electron chi connectivity index (χ3n) is 5.21. The Labute approximate surface area is 151 Å². The lowest BCUT2D eigenvalue weighted by atomic mass is 9.79. The number of sulfonamides is 1. The lowest BCUT2D eigenvalue weighted by molar-refractivity contribution is -0.121. The highest BCUT2D eigenvalue weighted by Gasteiger charge is 2.26. The molecule has 1 aliphatic carbocycles. The van der Waals surface area contributed by atoms with Gasteiger partial charge in [-0.25, -0.2) is 13.6 Å². The largest absolute Gasteiger partial charge is 0.326 e. The molecule has 2 rings (SSSR count). The number of amides is 1. The van der Waals surface area contributed by atoms with E-state index in [1.54, 1.807) is 12.1 Å². The van der Waals surface area contributed by atoms with Crippen LogP contribution in [-0.4, -0.2) is 14.3 Å². The number of benzene rings is 1. The highest BCUT2D eigenvalue weighted by molar-refractivity contribution is 7.89. The Balaban J connectivity index is 1.99. The molecule has 0 atom stereocenters. The van der Waals surface area contributed by atoms with Crippen molar-refractivity contribution < 1.29 is 13.2 Å². The molecule has 0 heterocycles. The Morgan fingerprint density at radius 2 is 1.88 bits per heavy atom. The second kappa shape index (κ2) is 8.81. The van der Waals surface area contributed by atoms with Crippen molar-refractivity contribution in [1.29, 1.82) is 0 Å². The summed E-state index contributed by atoms with van der Waals surface area (Å²) in [5.41, 5.74) is 1.16. The van der Waals surface area contributed by atoms with Crippen molar-refractivity contribution in [2.75, 3.05) is 5.32 Å². The van der Waals surface area contributed by atoms with Crippen molar-refractivity contribution in [3.8, 4) is 0 Å². The molecule has 0 spiro atoms. The van der Waals surface area contributed by atoms with Gasteiger partial charge in [0.2, 0.25) is 15.9 Å². The number of carbonyl (C=O) groups is 1. The van der Waals surface area contributed by atoms with Crippen molar-refractivity contribution in [3.63, 3.8) is 0 Å². The third kappa shape index (κ3) is 5.54. The van der Waals surface area contributed by atoms with Gasteiger partial charge in [-0.05, 0) is 55.7 Å². The number of anilines is 1. The quantitative estimate of drug-likeness (QED) is 0.768. The van der Waals surface area contributed by atoms with Crippen LogP contribution in [-0.2, 0) is 21.2 Å². The smallest absolute Gasteiger partial charge is 0.238 e. The fourth-order valence-electron chi connectivity index (χ4n) is 3.64. The van der Waals surface area contributed by atoms with E-state index in [1.807, 2.05) is 6.92 Å². The van der Waals surface area contributed by atoms with Crippen molar-refractivity contribution in [3.05, 3.63) is 23.8 Å². The predicted octanol–water partition coefficient (Wildman–Crippen LogP) is 3.83. The minimum absolute atomic E-state index is 0.0152. The van der Waals surface area contributed by atoms with E-state index in [0.29, 0.717) is 17.7 Å². The third-order valence-corrected chi connectivity index (χ3v) is 6.20. The maximum Gasteiger partial charge on any atom is 0.238 e. The van der Waals surface area contributed by atoms with Gasteiger partial charge in [0.15, 0.2) is 0 Å². The first kappa shape index (κ1) is 19.9. The number of carbonyl (C=O) groups excluding carboxylic acids is 1. The van der Waals surface area contributed by atoms with Crippen LogP contribution in [0.2, 0.25) is 0 Å². The van der Waals surface area contributed by atoms with Crippen LogP contribution in [0.3, 0.4) is 0 Å². The van der Waals surface area contributed by atoms with Crippen molar-refractivity contribution >= 4 is 21.6 Å². The number of nitrogens with two attached hydrogens (primary N) is 1. The zero-order valence-electron chi connectivity index (χ0n) is 15.3. The maximum absolute atomic E-state index is 12.5. The summed E-state index contributed by atoms with van der Waals surface area (Å²) < 4.78 is 23.5. The van der Waals surface area contributed by atoms with Crippen LogP contribution in [0, 0.1) is 11.8 Å².